The van der Waals surface area contributed by atoms with Crippen molar-refractivity contribution in [3.8, 4) is 0 Å². The number of carbonyl (C=O) groups excluding carboxylic acids is 2. The van der Waals surface area contributed by atoms with Crippen LogP contribution in [0.2, 0.25) is 0 Å². The van der Waals surface area contributed by atoms with Crippen molar-refractivity contribution < 1.29 is 24.6 Å². The first-order chi connectivity index (χ1) is 8.38. The van der Waals surface area contributed by atoms with Crippen LogP contribution in [0, 0.1) is 0 Å². The Hall–Kier alpha value is -1.72. The average Bonchev–Trinajstić information content (AvgIpc) is 2.35. The predicted octanol–water partition coefficient (Wildman–Crippen LogP) is 1.49. The van der Waals surface area contributed by atoms with Gasteiger partial charge in [0.05, 0.1) is 0 Å². The van der Waals surface area contributed by atoms with Gasteiger partial charge in [-0.25, -0.2) is 4.79 Å². The average molecular weight is 271 g/mol. The zero-order valence-corrected chi connectivity index (χ0v) is 10.2. The van der Waals surface area contributed by atoms with Crippen molar-refractivity contribution >= 4 is 29.6 Å². The number of alkyl halides is 1. The Labute approximate surface area is 108 Å². The Balaban J connectivity index is 3.23. The maximum Gasteiger partial charge on any atom is 0.337 e. The van der Waals surface area contributed by atoms with E-state index < -0.39 is 17.5 Å². The Kier molecular flexibility index (Phi) is 4.58. The molecule has 0 radical (unpaired) electrons. The molecule has 0 aliphatic rings. The number of aliphatic carboxylic acids is 1. The summed E-state index contributed by atoms with van der Waals surface area (Å²) in [5, 5.41) is 17.2. The van der Waals surface area contributed by atoms with E-state index in [-0.39, 0.29) is 16.9 Å². The summed E-state index contributed by atoms with van der Waals surface area (Å²) in [7, 11) is 0. The second kappa shape index (κ2) is 5.75. The maximum absolute atomic E-state index is 11.1. The molecule has 1 aromatic rings. The molecule has 0 aromatic heterocycles. The van der Waals surface area contributed by atoms with Crippen molar-refractivity contribution in [3.05, 3.63) is 34.9 Å². The molecule has 2 atom stereocenters. The standard InChI is InChI=1S/C12H11ClO5/c1-6(15)10(13)7-2-3-9(8(4-7)5-14)11(16)12(17)18/h2-5,10-11,16H,1H3,(H,17,18). The fraction of sp³-hybridized carbons (Fsp3) is 0.250. The maximum atomic E-state index is 11.1. The van der Waals surface area contributed by atoms with Crippen LogP contribution in [-0.2, 0) is 9.59 Å². The SMILES string of the molecule is CC(=O)C(Cl)c1ccc(C(O)C(=O)O)c(C=O)c1. The molecule has 2 N–H and O–H groups in total. The zero-order valence-electron chi connectivity index (χ0n) is 9.46. The van der Waals surface area contributed by atoms with Crippen LogP contribution in [0.1, 0.15) is 39.9 Å². The third-order valence-corrected chi connectivity index (χ3v) is 2.98. The lowest BCUT2D eigenvalue weighted by Crippen LogP contribution is -2.13. The number of hydrogen-bond acceptors (Lipinski definition) is 4. The van der Waals surface area contributed by atoms with Crippen LogP contribution in [0.5, 0.6) is 0 Å². The highest BCUT2D eigenvalue weighted by molar-refractivity contribution is 6.30. The summed E-state index contributed by atoms with van der Waals surface area (Å²) in [4.78, 5) is 32.6. The van der Waals surface area contributed by atoms with Gasteiger partial charge in [0.25, 0.3) is 0 Å². The van der Waals surface area contributed by atoms with Crippen LogP contribution in [0.25, 0.3) is 0 Å². The molecule has 6 heteroatoms. The summed E-state index contributed by atoms with van der Waals surface area (Å²) in [5.74, 6) is -1.75. The minimum Gasteiger partial charge on any atom is -0.479 e. The number of carbonyl (C=O) groups is 3. The van der Waals surface area contributed by atoms with Gasteiger partial charge in [-0.3, -0.25) is 9.59 Å². The molecule has 0 aliphatic heterocycles. The molecule has 18 heavy (non-hydrogen) atoms. The number of rotatable bonds is 5. The summed E-state index contributed by atoms with van der Waals surface area (Å²) in [6.07, 6.45) is -1.38. The lowest BCUT2D eigenvalue weighted by Gasteiger charge is -2.12. The molecule has 1 rings (SSSR count). The molecule has 1 aromatic carbocycles. The van der Waals surface area contributed by atoms with Gasteiger partial charge in [0.2, 0.25) is 0 Å². The second-order valence-corrected chi connectivity index (χ2v) is 4.16. The topological polar surface area (TPSA) is 91.7 Å². The molecule has 0 aliphatic carbocycles. The lowest BCUT2D eigenvalue weighted by molar-refractivity contribution is -0.147. The fourth-order valence-electron chi connectivity index (χ4n) is 1.47. The number of carboxylic acids is 1. The zero-order chi connectivity index (χ0) is 13.9. The predicted molar refractivity (Wildman–Crippen MR) is 63.7 cm³/mol. The first-order valence-electron chi connectivity index (χ1n) is 5.03. The van der Waals surface area contributed by atoms with Gasteiger partial charge in [0.15, 0.2) is 11.9 Å². The van der Waals surface area contributed by atoms with Crippen molar-refractivity contribution in [1.82, 2.24) is 0 Å². The molecule has 0 saturated heterocycles. The van der Waals surface area contributed by atoms with Gasteiger partial charge < -0.3 is 10.2 Å². The molecule has 0 spiro atoms. The van der Waals surface area contributed by atoms with Crippen molar-refractivity contribution in [3.63, 3.8) is 0 Å². The van der Waals surface area contributed by atoms with Gasteiger partial charge in [-0.1, -0.05) is 12.1 Å². The molecule has 0 saturated carbocycles. The highest BCUT2D eigenvalue weighted by Crippen LogP contribution is 2.26. The quantitative estimate of drug-likeness (QED) is 0.625. The Morgan fingerprint density at radius 1 is 1.39 bits per heavy atom. The number of aliphatic hydroxyl groups excluding tert-OH is 1. The summed E-state index contributed by atoms with van der Waals surface area (Å²) in [6.45, 7) is 1.30. The minimum atomic E-state index is -1.79. The van der Waals surface area contributed by atoms with E-state index >= 15 is 0 Å². The summed E-state index contributed by atoms with van der Waals surface area (Å²) in [6, 6.07) is 3.98. The number of Topliss-reactive ketones (excluding diaryl/α,β-unsaturated/α-hetero) is 1. The van der Waals surface area contributed by atoms with Gasteiger partial charge in [-0.15, -0.1) is 11.6 Å². The number of benzene rings is 1. The Morgan fingerprint density at radius 2 is 2.00 bits per heavy atom. The lowest BCUT2D eigenvalue weighted by atomic mass is 9.98. The number of aldehydes is 1. The summed E-state index contributed by atoms with van der Waals surface area (Å²) >= 11 is 5.82. The molecule has 96 valence electrons. The number of halogens is 1. The smallest absolute Gasteiger partial charge is 0.337 e. The normalized spacial score (nSPS) is 13.7. The van der Waals surface area contributed by atoms with E-state index in [2.05, 4.69) is 0 Å². The van der Waals surface area contributed by atoms with Gasteiger partial charge in [-0.2, -0.15) is 0 Å². The van der Waals surface area contributed by atoms with Crippen LogP contribution >= 0.6 is 11.6 Å². The fourth-order valence-corrected chi connectivity index (χ4v) is 1.61. The van der Waals surface area contributed by atoms with E-state index in [1.807, 2.05) is 0 Å². The van der Waals surface area contributed by atoms with E-state index in [0.29, 0.717) is 11.8 Å². The number of aliphatic hydroxyl groups is 1. The number of carboxylic acid groups (broad SMARTS) is 1. The second-order valence-electron chi connectivity index (χ2n) is 3.72. The first-order valence-corrected chi connectivity index (χ1v) is 5.46. The molecule has 2 unspecified atom stereocenters. The van der Waals surface area contributed by atoms with Crippen LogP contribution in [0.15, 0.2) is 18.2 Å². The third-order valence-electron chi connectivity index (χ3n) is 2.42. The van der Waals surface area contributed by atoms with Crippen molar-refractivity contribution in [2.45, 2.75) is 18.4 Å². The van der Waals surface area contributed by atoms with E-state index in [1.54, 1.807) is 0 Å². The molecule has 0 bridgehead atoms. The summed E-state index contributed by atoms with van der Waals surface area (Å²) in [5.41, 5.74) is 0.343. The number of ketones is 1. The van der Waals surface area contributed by atoms with Gasteiger partial charge in [0.1, 0.15) is 11.7 Å². The van der Waals surface area contributed by atoms with Gasteiger partial charge in [-0.05, 0) is 18.6 Å². The van der Waals surface area contributed by atoms with Crippen LogP contribution < -0.4 is 0 Å². The van der Waals surface area contributed by atoms with E-state index in [9.17, 15) is 19.5 Å². The highest BCUT2D eigenvalue weighted by atomic mass is 35.5. The van der Waals surface area contributed by atoms with E-state index in [4.69, 9.17) is 16.7 Å². The van der Waals surface area contributed by atoms with Gasteiger partial charge in [0, 0.05) is 11.1 Å². The molecule has 5 nitrogen and oxygen atoms in total. The van der Waals surface area contributed by atoms with E-state index in [0.717, 1.165) is 0 Å². The molecular formula is C12H11ClO5. The molecular weight excluding hydrogens is 260 g/mol. The first kappa shape index (κ1) is 14.3. The van der Waals surface area contributed by atoms with Crippen LogP contribution in [0.4, 0.5) is 0 Å². The van der Waals surface area contributed by atoms with E-state index in [1.165, 1.54) is 25.1 Å². The monoisotopic (exact) mass is 270 g/mol. The van der Waals surface area contributed by atoms with Crippen LogP contribution in [-0.4, -0.2) is 28.3 Å². The number of hydrogen-bond donors (Lipinski definition) is 2. The highest BCUT2D eigenvalue weighted by Gasteiger charge is 2.21. The van der Waals surface area contributed by atoms with Gasteiger partial charge >= 0.3 is 5.97 Å². The summed E-state index contributed by atoms with van der Waals surface area (Å²) < 4.78 is 0. The molecule has 0 amide bonds. The minimum absolute atomic E-state index is 0.00528. The van der Waals surface area contributed by atoms with Crippen molar-refractivity contribution in [1.29, 1.82) is 0 Å². The van der Waals surface area contributed by atoms with Crippen LogP contribution in [0.3, 0.4) is 0 Å². The molecule has 0 heterocycles. The van der Waals surface area contributed by atoms with Crippen molar-refractivity contribution in [2.75, 3.05) is 0 Å². The third kappa shape index (κ3) is 2.94. The Morgan fingerprint density at radius 3 is 2.44 bits per heavy atom. The Bertz CT molecular complexity index is 497. The molecule has 0 fully saturated rings. The largest absolute Gasteiger partial charge is 0.479 e. The van der Waals surface area contributed by atoms with Crippen molar-refractivity contribution in [2.24, 2.45) is 0 Å².